The van der Waals surface area contributed by atoms with Crippen molar-refractivity contribution in [2.45, 2.75) is 32.7 Å². The topological polar surface area (TPSA) is 55.1 Å². The third kappa shape index (κ3) is 5.68. The van der Waals surface area contributed by atoms with Crippen molar-refractivity contribution < 1.29 is 14.4 Å². The van der Waals surface area contributed by atoms with Crippen LogP contribution in [0.5, 0.6) is 5.75 Å². The predicted octanol–water partition coefficient (Wildman–Crippen LogP) is 1.93. The van der Waals surface area contributed by atoms with Gasteiger partial charge in [-0.15, -0.1) is 0 Å². The molecule has 0 aliphatic carbocycles. The number of nitrogens with one attached hydrogen (secondary N) is 2. The molecule has 0 radical (unpaired) electrons. The van der Waals surface area contributed by atoms with E-state index in [1.54, 1.807) is 23.1 Å². The van der Waals surface area contributed by atoms with Crippen molar-refractivity contribution in [2.24, 2.45) is 5.10 Å². The maximum Gasteiger partial charge on any atom is 0.277 e. The fourth-order valence-electron chi connectivity index (χ4n) is 2.46. The minimum Gasteiger partial charge on any atom is -0.482 e. The average Bonchev–Trinajstić information content (AvgIpc) is 2.52. The number of benzene rings is 1. The molecule has 0 saturated carbocycles. The second-order valence-corrected chi connectivity index (χ2v) is 6.73. The van der Waals surface area contributed by atoms with E-state index in [9.17, 15) is 4.79 Å². The monoisotopic (exact) mass is 358 g/mol. The van der Waals surface area contributed by atoms with E-state index in [2.05, 4.69) is 24.4 Å². The van der Waals surface area contributed by atoms with Crippen molar-refractivity contribution in [3.63, 3.8) is 0 Å². The van der Waals surface area contributed by atoms with Crippen LogP contribution in [0, 0.1) is 0 Å². The Hall–Kier alpha value is -1.30. The number of amides is 1. The zero-order valence-corrected chi connectivity index (χ0v) is 14.9. The van der Waals surface area contributed by atoms with Gasteiger partial charge in [-0.3, -0.25) is 4.79 Å². The van der Waals surface area contributed by atoms with Crippen LogP contribution in [0.15, 0.2) is 23.3 Å². The highest BCUT2D eigenvalue weighted by Crippen LogP contribution is 2.27. The Labute approximate surface area is 146 Å². The molecule has 1 heterocycles. The standard InChI is InChI=1S/C16H21Cl2N3O2/c1-11(2)21-7-5-13(6-8-21)19-20-16(22)10-23-15-4-3-12(17)9-14(15)18/h3-4,9,11H,5-8,10H2,1-2H3,(H,20,22)/p+1. The van der Waals surface area contributed by atoms with Gasteiger partial charge in [-0.05, 0) is 32.0 Å². The number of carbonyl (C=O) groups excluding carboxylic acids is 1. The highest BCUT2D eigenvalue weighted by Gasteiger charge is 2.20. The van der Waals surface area contributed by atoms with Gasteiger partial charge in [0.2, 0.25) is 0 Å². The maximum absolute atomic E-state index is 11.8. The van der Waals surface area contributed by atoms with Crippen molar-refractivity contribution in [2.75, 3.05) is 19.7 Å². The molecule has 1 amide bonds. The summed E-state index contributed by atoms with van der Waals surface area (Å²) in [4.78, 5) is 13.4. The summed E-state index contributed by atoms with van der Waals surface area (Å²) >= 11 is 11.8. The van der Waals surface area contributed by atoms with E-state index in [0.29, 0.717) is 21.8 Å². The fraction of sp³-hybridized carbons (Fsp3) is 0.500. The van der Waals surface area contributed by atoms with E-state index in [-0.39, 0.29) is 12.5 Å². The fourth-order valence-corrected chi connectivity index (χ4v) is 2.92. The molecule has 0 spiro atoms. The van der Waals surface area contributed by atoms with Gasteiger partial charge >= 0.3 is 0 Å². The molecule has 1 aromatic carbocycles. The van der Waals surface area contributed by atoms with Crippen LogP contribution in [-0.2, 0) is 4.79 Å². The number of ether oxygens (including phenoxy) is 1. The van der Waals surface area contributed by atoms with E-state index in [1.807, 2.05) is 0 Å². The van der Waals surface area contributed by atoms with Gasteiger partial charge in [0.15, 0.2) is 6.61 Å². The number of likely N-dealkylation sites (tertiary alicyclic amines) is 1. The van der Waals surface area contributed by atoms with Crippen LogP contribution in [0.4, 0.5) is 0 Å². The van der Waals surface area contributed by atoms with Crippen molar-refractivity contribution >= 4 is 34.8 Å². The van der Waals surface area contributed by atoms with Crippen molar-refractivity contribution in [1.82, 2.24) is 5.43 Å². The number of nitrogens with zero attached hydrogens (tertiary/aromatic N) is 1. The molecule has 1 aliphatic rings. The Balaban J connectivity index is 1.76. The second kappa shape index (κ2) is 8.52. The lowest BCUT2D eigenvalue weighted by atomic mass is 10.1. The summed E-state index contributed by atoms with van der Waals surface area (Å²) in [5, 5.41) is 5.09. The summed E-state index contributed by atoms with van der Waals surface area (Å²) in [6.07, 6.45) is 1.83. The number of hydrazone groups is 1. The van der Waals surface area contributed by atoms with Gasteiger partial charge in [0, 0.05) is 23.6 Å². The molecule has 1 aliphatic heterocycles. The van der Waals surface area contributed by atoms with Crippen molar-refractivity contribution in [3.05, 3.63) is 28.2 Å². The molecule has 23 heavy (non-hydrogen) atoms. The van der Waals surface area contributed by atoms with Gasteiger partial charge in [0.25, 0.3) is 5.91 Å². The predicted molar refractivity (Wildman–Crippen MR) is 92.6 cm³/mol. The highest BCUT2D eigenvalue weighted by atomic mass is 35.5. The zero-order chi connectivity index (χ0) is 16.8. The van der Waals surface area contributed by atoms with Gasteiger partial charge in [0.1, 0.15) is 5.75 Å². The molecule has 0 atom stereocenters. The van der Waals surface area contributed by atoms with E-state index in [0.717, 1.165) is 31.6 Å². The van der Waals surface area contributed by atoms with Crippen molar-refractivity contribution in [3.8, 4) is 5.75 Å². The molecule has 1 fully saturated rings. The summed E-state index contributed by atoms with van der Waals surface area (Å²) in [5.41, 5.74) is 3.58. The molecular formula is C16H22Cl2N3O2+. The average molecular weight is 359 g/mol. The Bertz CT molecular complexity index is 581. The Morgan fingerprint density at radius 1 is 1.35 bits per heavy atom. The molecule has 1 saturated heterocycles. The quantitative estimate of drug-likeness (QED) is 0.790. The maximum atomic E-state index is 11.8. The van der Waals surface area contributed by atoms with Crippen molar-refractivity contribution in [1.29, 1.82) is 0 Å². The Morgan fingerprint density at radius 2 is 2.04 bits per heavy atom. The number of piperidine rings is 1. The van der Waals surface area contributed by atoms with E-state index in [4.69, 9.17) is 27.9 Å². The molecule has 2 N–H and O–H groups in total. The molecular weight excluding hydrogens is 337 g/mol. The first-order chi connectivity index (χ1) is 11.0. The largest absolute Gasteiger partial charge is 0.482 e. The number of hydrogen-bond acceptors (Lipinski definition) is 3. The molecule has 7 heteroatoms. The number of hydrogen-bond donors (Lipinski definition) is 2. The number of halogens is 2. The van der Waals surface area contributed by atoms with Gasteiger partial charge < -0.3 is 9.64 Å². The summed E-state index contributed by atoms with van der Waals surface area (Å²) in [6.45, 7) is 6.42. The molecule has 1 aromatic rings. The van der Waals surface area contributed by atoms with Gasteiger partial charge in [-0.2, -0.15) is 5.10 Å². The minimum atomic E-state index is -0.304. The number of carbonyl (C=O) groups is 1. The van der Waals surface area contributed by atoms with Crippen LogP contribution < -0.4 is 15.1 Å². The summed E-state index contributed by atoms with van der Waals surface area (Å²) in [5.74, 6) is 0.120. The molecule has 126 valence electrons. The SMILES string of the molecule is CC(C)[NH+]1CCC(=NNC(=O)COc2ccc(Cl)cc2Cl)CC1. The van der Waals surface area contributed by atoms with Crippen LogP contribution in [0.1, 0.15) is 26.7 Å². The van der Waals surface area contributed by atoms with Gasteiger partial charge in [-0.1, -0.05) is 23.2 Å². The van der Waals surface area contributed by atoms with Crippen LogP contribution in [0.2, 0.25) is 10.0 Å². The van der Waals surface area contributed by atoms with E-state index in [1.165, 1.54) is 0 Å². The number of rotatable bonds is 5. The first-order valence-electron chi connectivity index (χ1n) is 7.72. The van der Waals surface area contributed by atoms with Gasteiger partial charge in [0.05, 0.1) is 24.2 Å². The van der Waals surface area contributed by atoms with Gasteiger partial charge in [-0.25, -0.2) is 5.43 Å². The summed E-state index contributed by atoms with van der Waals surface area (Å²) in [6, 6.07) is 5.49. The van der Waals surface area contributed by atoms with Crippen LogP contribution in [-0.4, -0.2) is 37.4 Å². The minimum absolute atomic E-state index is 0.137. The highest BCUT2D eigenvalue weighted by molar-refractivity contribution is 6.35. The third-order valence-electron chi connectivity index (χ3n) is 3.88. The number of quaternary nitrogens is 1. The molecule has 0 bridgehead atoms. The lowest BCUT2D eigenvalue weighted by Gasteiger charge is -2.27. The Morgan fingerprint density at radius 3 is 2.65 bits per heavy atom. The molecule has 0 unspecified atom stereocenters. The zero-order valence-electron chi connectivity index (χ0n) is 13.4. The summed E-state index contributed by atoms with van der Waals surface area (Å²) in [7, 11) is 0. The van der Waals surface area contributed by atoms with Crippen LogP contribution >= 0.6 is 23.2 Å². The second-order valence-electron chi connectivity index (χ2n) is 5.89. The Kier molecular flexibility index (Phi) is 6.69. The lowest BCUT2D eigenvalue weighted by Crippen LogP contribution is -3.16. The lowest BCUT2D eigenvalue weighted by molar-refractivity contribution is -0.922. The van der Waals surface area contributed by atoms with Crippen LogP contribution in [0.3, 0.4) is 0 Å². The molecule has 0 aromatic heterocycles. The normalized spacial score (nSPS) is 18.0. The molecule has 2 rings (SSSR count). The van der Waals surface area contributed by atoms with E-state index < -0.39 is 0 Å². The first-order valence-corrected chi connectivity index (χ1v) is 8.48. The first kappa shape index (κ1) is 18.0. The van der Waals surface area contributed by atoms with E-state index >= 15 is 0 Å². The third-order valence-corrected chi connectivity index (χ3v) is 4.41. The molecule has 5 nitrogen and oxygen atoms in total. The van der Waals surface area contributed by atoms with Crippen LogP contribution in [0.25, 0.3) is 0 Å². The summed E-state index contributed by atoms with van der Waals surface area (Å²) < 4.78 is 5.37. The smallest absolute Gasteiger partial charge is 0.277 e.